The quantitative estimate of drug-likeness (QED) is 0.502. The summed E-state index contributed by atoms with van der Waals surface area (Å²) in [4.78, 5) is 30.5. The fourth-order valence-corrected chi connectivity index (χ4v) is 4.79. The van der Waals surface area contributed by atoms with Gasteiger partial charge in [-0.25, -0.2) is 0 Å². The third kappa shape index (κ3) is 6.10. The van der Waals surface area contributed by atoms with E-state index in [4.69, 9.17) is 4.74 Å². The van der Waals surface area contributed by atoms with E-state index >= 15 is 0 Å². The molecular formula is C27H32F2N2O4. The lowest BCUT2D eigenvalue weighted by molar-refractivity contribution is -0.140. The Morgan fingerprint density at radius 1 is 1.09 bits per heavy atom. The highest BCUT2D eigenvalue weighted by molar-refractivity contribution is 5.97. The molecule has 0 spiro atoms. The number of likely N-dealkylation sites (tertiary alicyclic amines) is 1. The average Bonchev–Trinajstić information content (AvgIpc) is 3.72. The van der Waals surface area contributed by atoms with Gasteiger partial charge in [-0.1, -0.05) is 24.3 Å². The number of methoxy groups -OCH3 is 1. The number of halogens is 2. The summed E-state index contributed by atoms with van der Waals surface area (Å²) in [5.41, 5.74) is 1.11. The number of hydrogen-bond donors (Lipinski definition) is 0. The highest BCUT2D eigenvalue weighted by Crippen LogP contribution is 2.37. The number of rotatable bonds is 9. The molecule has 0 aromatic heterocycles. The molecule has 1 aliphatic heterocycles. The minimum Gasteiger partial charge on any atom is -0.497 e. The van der Waals surface area contributed by atoms with Crippen LogP contribution in [0.5, 0.6) is 11.5 Å². The standard InChI is InChI=1S/C27H32F2N2O4/c1-18(20-11-12-20)31(16-19-9-13-22(34-2)14-10-19)25(32)21-6-5-15-30(17-21)26(33)23-7-3-4-8-24(23)35-27(28)29/h3-4,7-10,13-14,18,20-21,27H,5-6,11-12,15-17H2,1-2H3. The predicted octanol–water partition coefficient (Wildman–Crippen LogP) is 4.98. The molecule has 2 aliphatic rings. The first kappa shape index (κ1) is 24.9. The summed E-state index contributed by atoms with van der Waals surface area (Å²) in [6.45, 7) is 0.313. The van der Waals surface area contributed by atoms with Gasteiger partial charge in [0.15, 0.2) is 0 Å². The molecule has 1 saturated heterocycles. The van der Waals surface area contributed by atoms with Crippen molar-refractivity contribution in [2.45, 2.75) is 51.8 Å². The molecule has 0 bridgehead atoms. The molecule has 1 aliphatic carbocycles. The monoisotopic (exact) mass is 486 g/mol. The SMILES string of the molecule is COc1ccc(CN(C(=O)C2CCCN(C(=O)c3ccccc3OC(F)F)C2)C(C)C2CC2)cc1. The van der Waals surface area contributed by atoms with Gasteiger partial charge < -0.3 is 19.3 Å². The zero-order valence-corrected chi connectivity index (χ0v) is 20.2. The molecule has 0 N–H and O–H groups in total. The van der Waals surface area contributed by atoms with Crippen molar-refractivity contribution < 1.29 is 27.8 Å². The molecule has 2 atom stereocenters. The summed E-state index contributed by atoms with van der Waals surface area (Å²) in [6.07, 6.45) is 3.59. The summed E-state index contributed by atoms with van der Waals surface area (Å²) in [7, 11) is 1.62. The van der Waals surface area contributed by atoms with E-state index in [1.807, 2.05) is 29.2 Å². The van der Waals surface area contributed by atoms with Crippen LogP contribution in [0.3, 0.4) is 0 Å². The second-order valence-electron chi connectivity index (χ2n) is 9.36. The molecule has 6 nitrogen and oxygen atoms in total. The third-order valence-corrected chi connectivity index (χ3v) is 6.98. The highest BCUT2D eigenvalue weighted by Gasteiger charge is 2.38. The zero-order valence-electron chi connectivity index (χ0n) is 20.2. The Bertz CT molecular complexity index is 1030. The Balaban J connectivity index is 1.49. The fraction of sp³-hybridized carbons (Fsp3) is 0.481. The number of ether oxygens (including phenoxy) is 2. The molecule has 8 heteroatoms. The summed E-state index contributed by atoms with van der Waals surface area (Å²) in [5.74, 6) is 0.418. The number of para-hydroxylation sites is 1. The average molecular weight is 487 g/mol. The molecule has 35 heavy (non-hydrogen) atoms. The highest BCUT2D eigenvalue weighted by atomic mass is 19.3. The number of carbonyl (C=O) groups excluding carboxylic acids is 2. The Labute approximate surface area is 204 Å². The number of piperidine rings is 1. The summed E-state index contributed by atoms with van der Waals surface area (Å²) in [6, 6.07) is 13.8. The molecule has 4 rings (SSSR count). The van der Waals surface area contributed by atoms with Gasteiger partial charge in [0.25, 0.3) is 5.91 Å². The Hall–Kier alpha value is -3.16. The van der Waals surface area contributed by atoms with Crippen LogP contribution in [0.1, 0.15) is 48.5 Å². The van der Waals surface area contributed by atoms with E-state index in [1.54, 1.807) is 24.1 Å². The van der Waals surface area contributed by atoms with E-state index in [-0.39, 0.29) is 35.7 Å². The molecule has 2 aromatic carbocycles. The van der Waals surface area contributed by atoms with Crippen LogP contribution in [-0.2, 0) is 11.3 Å². The van der Waals surface area contributed by atoms with E-state index in [2.05, 4.69) is 11.7 Å². The number of nitrogens with zero attached hydrogens (tertiary/aromatic N) is 2. The maximum atomic E-state index is 13.8. The van der Waals surface area contributed by atoms with Crippen LogP contribution >= 0.6 is 0 Å². The van der Waals surface area contributed by atoms with Crippen LogP contribution in [0, 0.1) is 11.8 Å². The number of alkyl halides is 2. The van der Waals surface area contributed by atoms with Gasteiger partial charge in [0.2, 0.25) is 5.91 Å². The maximum Gasteiger partial charge on any atom is 0.387 e. The molecule has 2 fully saturated rings. The van der Waals surface area contributed by atoms with E-state index in [9.17, 15) is 18.4 Å². The van der Waals surface area contributed by atoms with Crippen molar-refractivity contribution in [2.75, 3.05) is 20.2 Å². The number of carbonyl (C=O) groups is 2. The number of amides is 2. The Morgan fingerprint density at radius 2 is 1.80 bits per heavy atom. The molecular weight excluding hydrogens is 454 g/mol. The molecule has 188 valence electrons. The van der Waals surface area contributed by atoms with Crippen LogP contribution < -0.4 is 9.47 Å². The van der Waals surface area contributed by atoms with Crippen molar-refractivity contribution in [3.63, 3.8) is 0 Å². The Kier molecular flexibility index (Phi) is 7.88. The second-order valence-corrected chi connectivity index (χ2v) is 9.36. The topological polar surface area (TPSA) is 59.1 Å². The minimum absolute atomic E-state index is 0.0369. The maximum absolute atomic E-state index is 13.8. The summed E-state index contributed by atoms with van der Waals surface area (Å²) >= 11 is 0. The molecule has 1 heterocycles. The van der Waals surface area contributed by atoms with Gasteiger partial charge in [0.05, 0.1) is 18.6 Å². The number of benzene rings is 2. The molecule has 0 radical (unpaired) electrons. The summed E-state index contributed by atoms with van der Waals surface area (Å²) in [5, 5.41) is 0. The van der Waals surface area contributed by atoms with Gasteiger partial charge in [-0.05, 0) is 68.4 Å². The van der Waals surface area contributed by atoms with Crippen molar-refractivity contribution in [3.8, 4) is 11.5 Å². The third-order valence-electron chi connectivity index (χ3n) is 6.98. The van der Waals surface area contributed by atoms with E-state index in [1.165, 1.54) is 12.1 Å². The zero-order chi connectivity index (χ0) is 24.9. The first-order valence-electron chi connectivity index (χ1n) is 12.1. The van der Waals surface area contributed by atoms with Crippen molar-refractivity contribution >= 4 is 11.8 Å². The fourth-order valence-electron chi connectivity index (χ4n) is 4.79. The van der Waals surface area contributed by atoms with Crippen LogP contribution in [0.4, 0.5) is 8.78 Å². The predicted molar refractivity (Wildman–Crippen MR) is 127 cm³/mol. The van der Waals surface area contributed by atoms with Crippen molar-refractivity contribution in [2.24, 2.45) is 11.8 Å². The molecule has 2 aromatic rings. The first-order chi connectivity index (χ1) is 16.9. The van der Waals surface area contributed by atoms with E-state index in [0.29, 0.717) is 31.8 Å². The van der Waals surface area contributed by atoms with Gasteiger partial charge in [0, 0.05) is 25.7 Å². The van der Waals surface area contributed by atoms with Gasteiger partial charge in [-0.15, -0.1) is 0 Å². The van der Waals surface area contributed by atoms with Crippen LogP contribution in [-0.4, -0.2) is 54.5 Å². The van der Waals surface area contributed by atoms with Crippen LogP contribution in [0.25, 0.3) is 0 Å². The van der Waals surface area contributed by atoms with Crippen LogP contribution in [0.2, 0.25) is 0 Å². The van der Waals surface area contributed by atoms with Crippen molar-refractivity contribution in [1.29, 1.82) is 0 Å². The van der Waals surface area contributed by atoms with E-state index in [0.717, 1.165) is 24.2 Å². The largest absolute Gasteiger partial charge is 0.497 e. The van der Waals surface area contributed by atoms with Crippen molar-refractivity contribution in [3.05, 3.63) is 59.7 Å². The Morgan fingerprint density at radius 3 is 2.46 bits per heavy atom. The lowest BCUT2D eigenvalue weighted by Gasteiger charge is -2.37. The molecule has 2 unspecified atom stereocenters. The van der Waals surface area contributed by atoms with Gasteiger partial charge in [0.1, 0.15) is 11.5 Å². The van der Waals surface area contributed by atoms with E-state index < -0.39 is 12.5 Å². The lowest BCUT2D eigenvalue weighted by atomic mass is 9.94. The van der Waals surface area contributed by atoms with Gasteiger partial charge in [-0.2, -0.15) is 8.78 Å². The minimum atomic E-state index is -3.02. The lowest BCUT2D eigenvalue weighted by Crippen LogP contribution is -2.49. The molecule has 1 saturated carbocycles. The van der Waals surface area contributed by atoms with Crippen molar-refractivity contribution in [1.82, 2.24) is 9.80 Å². The normalized spacial score (nSPS) is 18.8. The second kappa shape index (κ2) is 11.1. The smallest absolute Gasteiger partial charge is 0.387 e. The first-order valence-corrected chi connectivity index (χ1v) is 12.1. The number of hydrogen-bond acceptors (Lipinski definition) is 4. The summed E-state index contributed by atoms with van der Waals surface area (Å²) < 4.78 is 35.4. The molecule has 2 amide bonds. The van der Waals surface area contributed by atoms with Gasteiger partial charge in [-0.3, -0.25) is 9.59 Å². The van der Waals surface area contributed by atoms with Gasteiger partial charge >= 0.3 is 6.61 Å². The van der Waals surface area contributed by atoms with Crippen LogP contribution in [0.15, 0.2) is 48.5 Å².